The molecule has 0 aliphatic carbocycles. The molecule has 80 valence electrons. The Morgan fingerprint density at radius 3 is 2.87 bits per heavy atom. The van der Waals surface area contributed by atoms with Gasteiger partial charge in [-0.25, -0.2) is 4.98 Å². The molecule has 5 heteroatoms. The number of anilines is 2. The summed E-state index contributed by atoms with van der Waals surface area (Å²) in [5.74, 6) is 0.346. The number of aromatic nitrogens is 1. The molecular formula is C10H14N4O. The van der Waals surface area contributed by atoms with Crippen LogP contribution in [-0.2, 0) is 4.79 Å². The summed E-state index contributed by atoms with van der Waals surface area (Å²) in [7, 11) is 0. The summed E-state index contributed by atoms with van der Waals surface area (Å²) >= 11 is 0. The number of hydrogen-bond donors (Lipinski definition) is 2. The van der Waals surface area contributed by atoms with Gasteiger partial charge in [-0.1, -0.05) is 0 Å². The van der Waals surface area contributed by atoms with E-state index in [1.54, 1.807) is 6.20 Å². The van der Waals surface area contributed by atoms with Gasteiger partial charge in [-0.15, -0.1) is 0 Å². The van der Waals surface area contributed by atoms with Crippen molar-refractivity contribution in [2.75, 3.05) is 17.2 Å². The molecule has 0 bridgehead atoms. The quantitative estimate of drug-likeness (QED) is 0.715. The van der Waals surface area contributed by atoms with Crippen molar-refractivity contribution in [1.82, 2.24) is 4.98 Å². The Morgan fingerprint density at radius 1 is 1.67 bits per heavy atom. The second kappa shape index (κ2) is 3.42. The number of primary amides is 1. The zero-order chi connectivity index (χ0) is 11.0. The maximum absolute atomic E-state index is 11.1. The minimum atomic E-state index is -0.317. The lowest BCUT2D eigenvalue weighted by atomic mass is 10.0. The van der Waals surface area contributed by atoms with Crippen LogP contribution in [0.4, 0.5) is 11.5 Å². The zero-order valence-electron chi connectivity index (χ0n) is 8.60. The van der Waals surface area contributed by atoms with Crippen molar-refractivity contribution in [3.8, 4) is 0 Å². The fraction of sp³-hybridized carbons (Fsp3) is 0.400. The number of rotatable bonds is 2. The first-order valence-corrected chi connectivity index (χ1v) is 4.87. The Labute approximate surface area is 88.1 Å². The van der Waals surface area contributed by atoms with Crippen molar-refractivity contribution in [3.63, 3.8) is 0 Å². The van der Waals surface area contributed by atoms with Gasteiger partial charge in [0.15, 0.2) is 5.82 Å². The third-order valence-electron chi connectivity index (χ3n) is 2.65. The molecule has 1 aromatic heterocycles. The minimum absolute atomic E-state index is 0.248. The van der Waals surface area contributed by atoms with E-state index in [4.69, 9.17) is 11.5 Å². The van der Waals surface area contributed by atoms with E-state index in [1.165, 1.54) is 0 Å². The van der Waals surface area contributed by atoms with Crippen LogP contribution in [-0.4, -0.2) is 23.5 Å². The van der Waals surface area contributed by atoms with Crippen LogP contribution in [0.15, 0.2) is 12.3 Å². The van der Waals surface area contributed by atoms with Crippen LogP contribution in [0.1, 0.15) is 12.0 Å². The van der Waals surface area contributed by atoms with Gasteiger partial charge in [-0.2, -0.15) is 0 Å². The molecule has 1 aliphatic heterocycles. The normalized spacial score (nSPS) is 19.8. The van der Waals surface area contributed by atoms with Gasteiger partial charge in [0.05, 0.1) is 5.69 Å². The van der Waals surface area contributed by atoms with Crippen LogP contribution in [0.3, 0.4) is 0 Å². The molecule has 4 N–H and O–H groups in total. The molecule has 15 heavy (non-hydrogen) atoms. The summed E-state index contributed by atoms with van der Waals surface area (Å²) in [4.78, 5) is 17.1. The first-order valence-electron chi connectivity index (χ1n) is 4.87. The highest BCUT2D eigenvalue weighted by atomic mass is 16.1. The fourth-order valence-corrected chi connectivity index (χ4v) is 1.76. The third-order valence-corrected chi connectivity index (χ3v) is 2.65. The number of carbonyl (C=O) groups is 1. The highest BCUT2D eigenvalue weighted by Crippen LogP contribution is 2.29. The van der Waals surface area contributed by atoms with E-state index in [2.05, 4.69) is 4.98 Å². The smallest absolute Gasteiger partial charge is 0.240 e. The number of pyridine rings is 1. The van der Waals surface area contributed by atoms with Crippen LogP contribution in [0, 0.1) is 6.92 Å². The highest BCUT2D eigenvalue weighted by Gasteiger charge is 2.34. The van der Waals surface area contributed by atoms with Crippen LogP contribution >= 0.6 is 0 Å². The lowest BCUT2D eigenvalue weighted by Gasteiger charge is -2.40. The van der Waals surface area contributed by atoms with Gasteiger partial charge in [0, 0.05) is 12.7 Å². The molecule has 0 saturated carbocycles. The van der Waals surface area contributed by atoms with Gasteiger partial charge in [-0.3, -0.25) is 4.79 Å². The van der Waals surface area contributed by atoms with E-state index in [-0.39, 0.29) is 11.9 Å². The summed E-state index contributed by atoms with van der Waals surface area (Å²) in [5, 5.41) is 0. The van der Waals surface area contributed by atoms with Crippen molar-refractivity contribution in [3.05, 3.63) is 17.8 Å². The largest absolute Gasteiger partial charge is 0.396 e. The van der Waals surface area contributed by atoms with Crippen LogP contribution in [0.5, 0.6) is 0 Å². The second-order valence-corrected chi connectivity index (χ2v) is 3.83. The van der Waals surface area contributed by atoms with Crippen molar-refractivity contribution in [2.45, 2.75) is 19.4 Å². The zero-order valence-corrected chi connectivity index (χ0v) is 8.60. The standard InChI is InChI=1S/C10H14N4O/c1-6-4-7(11)10(13-5-6)14-3-2-8(14)9(12)15/h4-5,8H,2-3,11H2,1H3,(H2,12,15). The molecule has 5 nitrogen and oxygen atoms in total. The topological polar surface area (TPSA) is 85.2 Å². The van der Waals surface area contributed by atoms with Crippen LogP contribution in [0.25, 0.3) is 0 Å². The Bertz CT molecular complexity index is 404. The first-order chi connectivity index (χ1) is 7.09. The predicted octanol–water partition coefficient (Wildman–Crippen LogP) is 0.0362. The summed E-state index contributed by atoms with van der Waals surface area (Å²) in [6, 6.07) is 1.60. The average molecular weight is 206 g/mol. The number of hydrogen-bond acceptors (Lipinski definition) is 4. The lowest BCUT2D eigenvalue weighted by molar-refractivity contribution is -0.120. The first kappa shape index (κ1) is 9.76. The molecule has 1 aromatic rings. The second-order valence-electron chi connectivity index (χ2n) is 3.83. The molecule has 1 fully saturated rings. The Hall–Kier alpha value is -1.78. The molecule has 0 aromatic carbocycles. The Morgan fingerprint density at radius 2 is 2.40 bits per heavy atom. The maximum atomic E-state index is 11.1. The summed E-state index contributed by atoms with van der Waals surface area (Å²) in [6.45, 7) is 2.71. The van der Waals surface area contributed by atoms with E-state index < -0.39 is 0 Å². The number of amides is 1. The van der Waals surface area contributed by atoms with Gasteiger partial charge >= 0.3 is 0 Å². The highest BCUT2D eigenvalue weighted by molar-refractivity contribution is 5.86. The van der Waals surface area contributed by atoms with Crippen molar-refractivity contribution >= 4 is 17.4 Å². The van der Waals surface area contributed by atoms with Crippen LogP contribution in [0.2, 0.25) is 0 Å². The van der Waals surface area contributed by atoms with E-state index in [9.17, 15) is 4.79 Å². The molecule has 2 heterocycles. The molecule has 1 saturated heterocycles. The van der Waals surface area contributed by atoms with Gasteiger partial charge in [0.25, 0.3) is 0 Å². The maximum Gasteiger partial charge on any atom is 0.240 e. The van der Waals surface area contributed by atoms with E-state index >= 15 is 0 Å². The number of nitrogen functional groups attached to an aromatic ring is 1. The molecule has 1 atom stereocenters. The SMILES string of the molecule is Cc1cnc(N2CCC2C(N)=O)c(N)c1. The third kappa shape index (κ3) is 1.60. The number of nitrogens with two attached hydrogens (primary N) is 2. The van der Waals surface area contributed by atoms with Gasteiger partial charge in [0.2, 0.25) is 5.91 Å². The fourth-order valence-electron chi connectivity index (χ4n) is 1.76. The molecular weight excluding hydrogens is 192 g/mol. The molecule has 0 radical (unpaired) electrons. The molecule has 0 spiro atoms. The average Bonchev–Trinajstić information content (AvgIpc) is 2.06. The molecule has 2 rings (SSSR count). The Kier molecular flexibility index (Phi) is 2.22. The molecule has 1 amide bonds. The van der Waals surface area contributed by atoms with Gasteiger partial charge < -0.3 is 16.4 Å². The molecule has 1 aliphatic rings. The van der Waals surface area contributed by atoms with Crippen molar-refractivity contribution in [1.29, 1.82) is 0 Å². The lowest BCUT2D eigenvalue weighted by Crippen LogP contribution is -2.55. The van der Waals surface area contributed by atoms with E-state index in [0.29, 0.717) is 11.5 Å². The van der Waals surface area contributed by atoms with Gasteiger partial charge in [-0.05, 0) is 25.0 Å². The minimum Gasteiger partial charge on any atom is -0.396 e. The summed E-state index contributed by atoms with van der Waals surface area (Å²) < 4.78 is 0. The monoisotopic (exact) mass is 206 g/mol. The van der Waals surface area contributed by atoms with Crippen molar-refractivity contribution < 1.29 is 4.79 Å². The predicted molar refractivity (Wildman–Crippen MR) is 58.3 cm³/mol. The number of aryl methyl sites for hydroxylation is 1. The van der Waals surface area contributed by atoms with Crippen molar-refractivity contribution in [2.24, 2.45) is 5.73 Å². The number of carbonyl (C=O) groups excluding carboxylic acids is 1. The Balaban J connectivity index is 2.27. The summed E-state index contributed by atoms with van der Waals surface area (Å²) in [5.41, 5.74) is 12.7. The summed E-state index contributed by atoms with van der Waals surface area (Å²) in [6.07, 6.45) is 2.52. The molecule has 1 unspecified atom stereocenters. The van der Waals surface area contributed by atoms with E-state index in [0.717, 1.165) is 18.5 Å². The van der Waals surface area contributed by atoms with Crippen LogP contribution < -0.4 is 16.4 Å². The van der Waals surface area contributed by atoms with Gasteiger partial charge in [0.1, 0.15) is 6.04 Å². The number of nitrogens with zero attached hydrogens (tertiary/aromatic N) is 2. The van der Waals surface area contributed by atoms with E-state index in [1.807, 2.05) is 17.9 Å².